The maximum Gasteiger partial charge on any atom is 0.245 e. The van der Waals surface area contributed by atoms with Crippen molar-refractivity contribution in [2.24, 2.45) is 0 Å². The van der Waals surface area contributed by atoms with Crippen molar-refractivity contribution in [3.05, 3.63) is 59.9 Å². The van der Waals surface area contributed by atoms with Crippen molar-refractivity contribution >= 4 is 27.3 Å². The topological polar surface area (TPSA) is 90.3 Å². The van der Waals surface area contributed by atoms with Gasteiger partial charge in [0.15, 0.2) is 0 Å². The van der Waals surface area contributed by atoms with Crippen LogP contribution in [0.2, 0.25) is 0 Å². The predicted octanol–water partition coefficient (Wildman–Crippen LogP) is 2.10. The highest BCUT2D eigenvalue weighted by Gasteiger charge is 2.21. The second-order valence-electron chi connectivity index (χ2n) is 4.96. The highest BCUT2D eigenvalue weighted by Crippen LogP contribution is 2.19. The van der Waals surface area contributed by atoms with Crippen LogP contribution in [0.15, 0.2) is 48.5 Å². The van der Waals surface area contributed by atoms with Crippen LogP contribution in [-0.4, -0.2) is 27.1 Å². The van der Waals surface area contributed by atoms with Gasteiger partial charge in [0.2, 0.25) is 15.9 Å². The summed E-state index contributed by atoms with van der Waals surface area (Å²) in [6.45, 7) is -0.540. The highest BCUT2D eigenvalue weighted by molar-refractivity contribution is 7.92. The fourth-order valence-electron chi connectivity index (χ4n) is 2.04. The minimum Gasteiger partial charge on any atom is -0.323 e. The quantitative estimate of drug-likeness (QED) is 0.897. The van der Waals surface area contributed by atoms with Crippen LogP contribution >= 0.6 is 0 Å². The van der Waals surface area contributed by atoms with Crippen molar-refractivity contribution < 1.29 is 17.6 Å². The Morgan fingerprint density at radius 1 is 1.25 bits per heavy atom. The lowest BCUT2D eigenvalue weighted by Crippen LogP contribution is -2.37. The molecule has 0 atom stereocenters. The number of halogens is 1. The Morgan fingerprint density at radius 3 is 2.58 bits per heavy atom. The number of nitriles is 1. The molecular formula is C16H14FN3O3S. The van der Waals surface area contributed by atoms with Gasteiger partial charge in [-0.15, -0.1) is 0 Å². The number of rotatable bonds is 5. The van der Waals surface area contributed by atoms with Gasteiger partial charge in [-0.05, 0) is 30.3 Å². The molecule has 1 amide bonds. The molecule has 1 N–H and O–H groups in total. The van der Waals surface area contributed by atoms with Gasteiger partial charge >= 0.3 is 0 Å². The molecule has 0 aliphatic carbocycles. The Labute approximate surface area is 139 Å². The van der Waals surface area contributed by atoms with E-state index in [9.17, 15) is 17.6 Å². The average Bonchev–Trinajstić information content (AvgIpc) is 2.52. The first-order valence-electron chi connectivity index (χ1n) is 6.83. The summed E-state index contributed by atoms with van der Waals surface area (Å²) in [6, 6.07) is 13.2. The van der Waals surface area contributed by atoms with Crippen molar-refractivity contribution in [3.8, 4) is 6.07 Å². The number of anilines is 2. The summed E-state index contributed by atoms with van der Waals surface area (Å²) in [5.74, 6) is -1.26. The van der Waals surface area contributed by atoms with E-state index in [2.05, 4.69) is 5.32 Å². The minimum atomic E-state index is -3.80. The van der Waals surface area contributed by atoms with Gasteiger partial charge in [0.25, 0.3) is 0 Å². The number of amides is 1. The molecule has 2 aromatic carbocycles. The van der Waals surface area contributed by atoms with E-state index in [-0.39, 0.29) is 16.9 Å². The molecule has 24 heavy (non-hydrogen) atoms. The number of nitrogens with one attached hydrogen (secondary N) is 1. The normalized spacial score (nSPS) is 10.7. The lowest BCUT2D eigenvalue weighted by Gasteiger charge is -2.22. The molecule has 0 aliphatic heterocycles. The summed E-state index contributed by atoms with van der Waals surface area (Å²) in [5.41, 5.74) is 0.571. The number of carbonyl (C=O) groups excluding carboxylic acids is 1. The van der Waals surface area contributed by atoms with Gasteiger partial charge in [0.1, 0.15) is 18.4 Å². The molecule has 0 saturated carbocycles. The summed E-state index contributed by atoms with van der Waals surface area (Å²) < 4.78 is 38.0. The number of sulfonamides is 1. The van der Waals surface area contributed by atoms with E-state index in [1.54, 1.807) is 12.1 Å². The third kappa shape index (κ3) is 4.30. The van der Waals surface area contributed by atoms with Crippen LogP contribution in [0, 0.1) is 17.1 Å². The maximum absolute atomic E-state index is 13.3. The fourth-order valence-corrected chi connectivity index (χ4v) is 2.89. The van der Waals surface area contributed by atoms with Crippen LogP contribution < -0.4 is 9.62 Å². The van der Waals surface area contributed by atoms with Gasteiger partial charge in [-0.2, -0.15) is 5.26 Å². The Balaban J connectivity index is 2.25. The van der Waals surface area contributed by atoms with Gasteiger partial charge in [-0.1, -0.05) is 18.2 Å². The van der Waals surface area contributed by atoms with E-state index in [1.165, 1.54) is 30.3 Å². The van der Waals surface area contributed by atoms with Gasteiger partial charge < -0.3 is 5.32 Å². The molecule has 2 aromatic rings. The Kier molecular flexibility index (Phi) is 5.16. The highest BCUT2D eigenvalue weighted by atomic mass is 32.2. The lowest BCUT2D eigenvalue weighted by atomic mass is 10.2. The van der Waals surface area contributed by atoms with Gasteiger partial charge in [-0.25, -0.2) is 12.8 Å². The molecule has 8 heteroatoms. The zero-order chi connectivity index (χ0) is 17.7. The second kappa shape index (κ2) is 7.10. The zero-order valence-electron chi connectivity index (χ0n) is 12.7. The molecule has 0 heterocycles. The first kappa shape index (κ1) is 17.4. The molecule has 0 bridgehead atoms. The van der Waals surface area contributed by atoms with Crippen molar-refractivity contribution in [1.29, 1.82) is 5.26 Å². The number of carbonyl (C=O) groups is 1. The predicted molar refractivity (Wildman–Crippen MR) is 88.4 cm³/mol. The molecule has 0 radical (unpaired) electrons. The Bertz CT molecular complexity index is 907. The first-order valence-corrected chi connectivity index (χ1v) is 8.68. The third-order valence-corrected chi connectivity index (χ3v) is 4.25. The number of hydrogen-bond donors (Lipinski definition) is 1. The zero-order valence-corrected chi connectivity index (χ0v) is 13.5. The third-order valence-electron chi connectivity index (χ3n) is 3.11. The smallest absolute Gasteiger partial charge is 0.245 e. The van der Waals surface area contributed by atoms with E-state index >= 15 is 0 Å². The fraction of sp³-hybridized carbons (Fsp3) is 0.125. The number of nitrogens with zero attached hydrogens (tertiary/aromatic N) is 2. The standard InChI is InChI=1S/C16H14FN3O3S/c1-24(22,23)20(14-7-4-6-13(17)9-14)11-16(21)19-15-8-3-2-5-12(15)10-18/h2-9H,11H2,1H3,(H,19,21). The van der Waals surface area contributed by atoms with Crippen molar-refractivity contribution in [2.75, 3.05) is 22.4 Å². The summed E-state index contributed by atoms with van der Waals surface area (Å²) in [5, 5.41) is 11.5. The number of hydrogen-bond acceptors (Lipinski definition) is 4. The van der Waals surface area contributed by atoms with Gasteiger partial charge in [-0.3, -0.25) is 9.10 Å². The number of para-hydroxylation sites is 1. The van der Waals surface area contributed by atoms with Crippen LogP contribution in [0.25, 0.3) is 0 Å². The molecule has 124 valence electrons. The van der Waals surface area contributed by atoms with E-state index < -0.39 is 28.3 Å². The van der Waals surface area contributed by atoms with E-state index in [4.69, 9.17) is 5.26 Å². The summed E-state index contributed by atoms with van der Waals surface area (Å²) in [4.78, 5) is 12.2. The molecule has 0 fully saturated rings. The molecule has 0 unspecified atom stereocenters. The van der Waals surface area contributed by atoms with Crippen LogP contribution in [0.5, 0.6) is 0 Å². The number of benzene rings is 2. The lowest BCUT2D eigenvalue weighted by molar-refractivity contribution is -0.114. The molecule has 0 saturated heterocycles. The van der Waals surface area contributed by atoms with Crippen molar-refractivity contribution in [1.82, 2.24) is 0 Å². The van der Waals surface area contributed by atoms with Crippen LogP contribution in [0.1, 0.15) is 5.56 Å². The van der Waals surface area contributed by atoms with E-state index in [0.717, 1.165) is 16.6 Å². The summed E-state index contributed by atoms with van der Waals surface area (Å²) in [6.07, 6.45) is 0.925. The Morgan fingerprint density at radius 2 is 1.96 bits per heavy atom. The first-order chi connectivity index (χ1) is 11.3. The van der Waals surface area contributed by atoms with Gasteiger partial charge in [0.05, 0.1) is 23.2 Å². The summed E-state index contributed by atoms with van der Waals surface area (Å²) in [7, 11) is -3.80. The Hall–Kier alpha value is -2.92. The molecule has 0 spiro atoms. The maximum atomic E-state index is 13.3. The van der Waals surface area contributed by atoms with Crippen LogP contribution in [-0.2, 0) is 14.8 Å². The SMILES string of the molecule is CS(=O)(=O)N(CC(=O)Nc1ccccc1C#N)c1cccc(F)c1. The van der Waals surface area contributed by atoms with E-state index in [0.29, 0.717) is 0 Å². The van der Waals surface area contributed by atoms with Gasteiger partial charge in [0, 0.05) is 0 Å². The molecule has 6 nitrogen and oxygen atoms in total. The molecule has 2 rings (SSSR count). The monoisotopic (exact) mass is 347 g/mol. The van der Waals surface area contributed by atoms with Crippen LogP contribution in [0.4, 0.5) is 15.8 Å². The average molecular weight is 347 g/mol. The largest absolute Gasteiger partial charge is 0.323 e. The molecular weight excluding hydrogens is 333 g/mol. The van der Waals surface area contributed by atoms with Crippen molar-refractivity contribution in [2.45, 2.75) is 0 Å². The van der Waals surface area contributed by atoms with Crippen LogP contribution in [0.3, 0.4) is 0 Å². The summed E-state index contributed by atoms with van der Waals surface area (Å²) >= 11 is 0. The minimum absolute atomic E-state index is 0.0428. The second-order valence-corrected chi connectivity index (χ2v) is 6.86. The van der Waals surface area contributed by atoms with Crippen molar-refractivity contribution in [3.63, 3.8) is 0 Å². The van der Waals surface area contributed by atoms with E-state index in [1.807, 2.05) is 6.07 Å². The molecule has 0 aliphatic rings. The molecule has 0 aromatic heterocycles.